The minimum absolute atomic E-state index is 0.331. The van der Waals surface area contributed by atoms with E-state index in [1.54, 1.807) is 28.9 Å². The third-order valence-electron chi connectivity index (χ3n) is 6.01. The summed E-state index contributed by atoms with van der Waals surface area (Å²) >= 11 is 7.75. The molecule has 0 saturated heterocycles. The van der Waals surface area contributed by atoms with E-state index in [0.29, 0.717) is 56.8 Å². The van der Waals surface area contributed by atoms with Gasteiger partial charge in [0.25, 0.3) is 5.91 Å². The van der Waals surface area contributed by atoms with E-state index in [1.165, 1.54) is 23.9 Å². The standard InChI is InChI=1S/C28H25ClFN5O2S/c1-3-37-23-11-7-6-10-22(23)32-26(36)24-17(2)31-27-33-28(38-16-19-8-4-5-9-21(19)29)34-35(27)25(24)18-12-14-20(30)15-13-18/h4-15,25H,3,16H2,1-2H3,(H,32,36)(H,31,33,34). The van der Waals surface area contributed by atoms with E-state index in [0.717, 1.165) is 5.56 Å². The lowest BCUT2D eigenvalue weighted by Gasteiger charge is -2.28. The van der Waals surface area contributed by atoms with Crippen LogP contribution in [0, 0.1) is 5.82 Å². The molecule has 10 heteroatoms. The number of amides is 1. The number of ether oxygens (including phenoxy) is 1. The zero-order valence-corrected chi connectivity index (χ0v) is 22.3. The van der Waals surface area contributed by atoms with Gasteiger partial charge in [0.1, 0.15) is 17.6 Å². The molecule has 1 aliphatic rings. The van der Waals surface area contributed by atoms with Gasteiger partial charge in [-0.2, -0.15) is 4.98 Å². The van der Waals surface area contributed by atoms with E-state index in [2.05, 4.69) is 15.6 Å². The van der Waals surface area contributed by atoms with Gasteiger partial charge in [0.05, 0.1) is 17.9 Å². The number of hydrogen-bond acceptors (Lipinski definition) is 6. The average Bonchev–Trinajstić information content (AvgIpc) is 3.31. The number of anilines is 2. The van der Waals surface area contributed by atoms with Crippen LogP contribution in [0.2, 0.25) is 5.02 Å². The molecule has 38 heavy (non-hydrogen) atoms. The van der Waals surface area contributed by atoms with Crippen LogP contribution in [0.3, 0.4) is 0 Å². The Hall–Kier alpha value is -3.82. The number of carbonyl (C=O) groups is 1. The minimum Gasteiger partial charge on any atom is -0.492 e. The number of rotatable bonds is 8. The van der Waals surface area contributed by atoms with Crippen LogP contribution < -0.4 is 15.4 Å². The van der Waals surface area contributed by atoms with Crippen LogP contribution in [0.25, 0.3) is 0 Å². The minimum atomic E-state index is -0.631. The summed E-state index contributed by atoms with van der Waals surface area (Å²) in [6, 6.07) is 20.3. The number of benzene rings is 3. The Balaban J connectivity index is 1.49. The Morgan fingerprint density at radius 1 is 1.13 bits per heavy atom. The molecule has 1 aromatic heterocycles. The number of nitrogens with one attached hydrogen (secondary N) is 2. The van der Waals surface area contributed by atoms with Gasteiger partial charge in [0, 0.05) is 16.5 Å². The molecule has 7 nitrogen and oxygen atoms in total. The van der Waals surface area contributed by atoms with Gasteiger partial charge < -0.3 is 15.4 Å². The number of nitrogens with zero attached hydrogens (tertiary/aromatic N) is 3. The van der Waals surface area contributed by atoms with E-state index in [4.69, 9.17) is 21.4 Å². The zero-order chi connectivity index (χ0) is 26.6. The fourth-order valence-corrected chi connectivity index (χ4v) is 5.35. The Morgan fingerprint density at radius 2 is 1.87 bits per heavy atom. The maximum absolute atomic E-state index is 13.8. The van der Waals surface area contributed by atoms with Crippen LogP contribution >= 0.6 is 23.4 Å². The van der Waals surface area contributed by atoms with Gasteiger partial charge in [0.2, 0.25) is 11.1 Å². The Labute approximate surface area is 229 Å². The van der Waals surface area contributed by atoms with Gasteiger partial charge >= 0.3 is 0 Å². The first-order valence-electron chi connectivity index (χ1n) is 12.0. The predicted molar refractivity (Wildman–Crippen MR) is 148 cm³/mol. The van der Waals surface area contributed by atoms with Crippen molar-refractivity contribution in [1.82, 2.24) is 14.8 Å². The number of thioether (sulfide) groups is 1. The second kappa shape index (κ2) is 11.3. The smallest absolute Gasteiger partial charge is 0.255 e. The first kappa shape index (κ1) is 25.8. The Kier molecular flexibility index (Phi) is 7.67. The number of fused-ring (bicyclic) bond motifs is 1. The second-order valence-corrected chi connectivity index (χ2v) is 9.89. The van der Waals surface area contributed by atoms with Crippen molar-refractivity contribution < 1.29 is 13.9 Å². The number of allylic oxidation sites excluding steroid dienone is 1. The molecule has 0 aliphatic carbocycles. The molecule has 2 heterocycles. The number of carbonyl (C=O) groups excluding carboxylic acids is 1. The Morgan fingerprint density at radius 3 is 2.63 bits per heavy atom. The number of aromatic nitrogens is 3. The van der Waals surface area contributed by atoms with Crippen LogP contribution in [0.1, 0.15) is 31.0 Å². The third-order valence-corrected chi connectivity index (χ3v) is 7.27. The summed E-state index contributed by atoms with van der Waals surface area (Å²) in [6.45, 7) is 4.16. The lowest BCUT2D eigenvalue weighted by atomic mass is 9.95. The van der Waals surface area contributed by atoms with E-state index in [9.17, 15) is 9.18 Å². The summed E-state index contributed by atoms with van der Waals surface area (Å²) < 4.78 is 21.2. The lowest BCUT2D eigenvalue weighted by Crippen LogP contribution is -2.31. The Bertz CT molecular complexity index is 1510. The fraction of sp³-hybridized carbons (Fsp3) is 0.179. The van der Waals surface area contributed by atoms with Crippen LogP contribution in [0.5, 0.6) is 5.75 Å². The number of halogens is 2. The molecule has 3 aromatic carbocycles. The quantitative estimate of drug-likeness (QED) is 0.238. The predicted octanol–water partition coefficient (Wildman–Crippen LogP) is 6.69. The molecule has 1 atom stereocenters. The molecule has 5 rings (SSSR count). The molecule has 2 N–H and O–H groups in total. The van der Waals surface area contributed by atoms with Crippen molar-refractivity contribution >= 4 is 40.9 Å². The molecule has 0 spiro atoms. The van der Waals surface area contributed by atoms with E-state index < -0.39 is 6.04 Å². The molecule has 0 bridgehead atoms. The van der Waals surface area contributed by atoms with E-state index in [-0.39, 0.29) is 11.7 Å². The van der Waals surface area contributed by atoms with Crippen LogP contribution in [-0.2, 0) is 10.5 Å². The molecular weight excluding hydrogens is 525 g/mol. The van der Waals surface area contributed by atoms with E-state index in [1.807, 2.05) is 50.2 Å². The van der Waals surface area contributed by atoms with Crippen LogP contribution in [0.4, 0.5) is 16.0 Å². The van der Waals surface area contributed by atoms with Crippen molar-refractivity contribution in [3.05, 3.63) is 106 Å². The largest absolute Gasteiger partial charge is 0.492 e. The summed E-state index contributed by atoms with van der Waals surface area (Å²) in [7, 11) is 0. The molecule has 0 radical (unpaired) electrons. The molecule has 0 saturated carbocycles. The fourth-order valence-electron chi connectivity index (χ4n) is 4.24. The molecule has 4 aromatic rings. The summed E-state index contributed by atoms with van der Waals surface area (Å²) in [4.78, 5) is 18.4. The first-order valence-corrected chi connectivity index (χ1v) is 13.4. The highest BCUT2D eigenvalue weighted by Crippen LogP contribution is 2.38. The third kappa shape index (κ3) is 5.39. The van der Waals surface area contributed by atoms with Gasteiger partial charge in [-0.25, -0.2) is 9.07 Å². The molecular formula is C28H25ClFN5O2S. The SMILES string of the molecule is CCOc1ccccc1NC(=O)C1=C(C)Nc2nc(SCc3ccccc3Cl)nn2C1c1ccc(F)cc1. The summed E-state index contributed by atoms with van der Waals surface area (Å²) in [5.74, 6) is 0.948. The summed E-state index contributed by atoms with van der Waals surface area (Å²) in [5, 5.41) is 12.1. The van der Waals surface area contributed by atoms with Gasteiger partial charge in [-0.3, -0.25) is 4.79 Å². The highest BCUT2D eigenvalue weighted by Gasteiger charge is 2.34. The molecule has 194 valence electrons. The number of hydrogen-bond donors (Lipinski definition) is 2. The average molecular weight is 550 g/mol. The normalized spacial score (nSPS) is 14.6. The number of para-hydroxylation sites is 2. The van der Waals surface area contributed by atoms with Crippen molar-refractivity contribution in [1.29, 1.82) is 0 Å². The lowest BCUT2D eigenvalue weighted by molar-refractivity contribution is -0.113. The first-order chi connectivity index (χ1) is 18.4. The molecule has 1 amide bonds. The second-order valence-electron chi connectivity index (χ2n) is 8.54. The van der Waals surface area contributed by atoms with Gasteiger partial charge in [-0.15, -0.1) is 5.10 Å². The van der Waals surface area contributed by atoms with Gasteiger partial charge in [-0.05, 0) is 55.3 Å². The van der Waals surface area contributed by atoms with Crippen molar-refractivity contribution in [3.63, 3.8) is 0 Å². The highest BCUT2D eigenvalue weighted by molar-refractivity contribution is 7.98. The molecule has 1 aliphatic heterocycles. The molecule has 0 fully saturated rings. The monoisotopic (exact) mass is 549 g/mol. The summed E-state index contributed by atoms with van der Waals surface area (Å²) in [5.41, 5.74) is 3.27. The van der Waals surface area contributed by atoms with Crippen LogP contribution in [-0.4, -0.2) is 27.3 Å². The maximum atomic E-state index is 13.8. The van der Waals surface area contributed by atoms with Gasteiger partial charge in [-0.1, -0.05) is 65.8 Å². The van der Waals surface area contributed by atoms with E-state index >= 15 is 0 Å². The zero-order valence-electron chi connectivity index (χ0n) is 20.7. The maximum Gasteiger partial charge on any atom is 0.255 e. The van der Waals surface area contributed by atoms with Crippen LogP contribution in [0.15, 0.2) is 89.2 Å². The van der Waals surface area contributed by atoms with Crippen molar-refractivity contribution in [2.45, 2.75) is 30.8 Å². The van der Waals surface area contributed by atoms with Crippen molar-refractivity contribution in [2.75, 3.05) is 17.2 Å². The topological polar surface area (TPSA) is 81.1 Å². The summed E-state index contributed by atoms with van der Waals surface area (Å²) in [6.07, 6.45) is 0. The highest BCUT2D eigenvalue weighted by atomic mass is 35.5. The van der Waals surface area contributed by atoms with Crippen molar-refractivity contribution in [2.24, 2.45) is 0 Å². The van der Waals surface area contributed by atoms with Crippen molar-refractivity contribution in [3.8, 4) is 5.75 Å². The molecule has 1 unspecified atom stereocenters. The van der Waals surface area contributed by atoms with Gasteiger partial charge in [0.15, 0.2) is 0 Å².